The second-order valence-corrected chi connectivity index (χ2v) is 1.27. The van der Waals surface area contributed by atoms with Crippen LogP contribution in [0.15, 0.2) is 0 Å². The lowest BCUT2D eigenvalue weighted by Crippen LogP contribution is -1.97. The highest BCUT2D eigenvalue weighted by atomic mass is 32.1. The fraction of sp³-hybridized carbons (Fsp3) is 0.500. The van der Waals surface area contributed by atoms with Crippen molar-refractivity contribution in [1.29, 1.82) is 0 Å². The van der Waals surface area contributed by atoms with Crippen LogP contribution in [0, 0.1) is 0 Å². The zero-order chi connectivity index (χ0) is 8.57. The van der Waals surface area contributed by atoms with Crippen LogP contribution in [-0.4, -0.2) is 35.8 Å². The zero-order valence-electron chi connectivity index (χ0n) is 5.53. The number of hydrogen-bond acceptors (Lipinski definition) is 4. The van der Waals surface area contributed by atoms with Crippen molar-refractivity contribution in [1.82, 2.24) is 0 Å². The molecule has 0 bridgehead atoms. The molecule has 10 heavy (non-hydrogen) atoms. The van der Waals surface area contributed by atoms with Crippen LogP contribution in [0.25, 0.3) is 0 Å². The Hall–Kier alpha value is -1.04. The largest absolute Gasteiger partial charge is 0.503 e. The molecule has 0 spiro atoms. The Morgan fingerprint density at radius 3 is 1.50 bits per heavy atom. The third kappa shape index (κ3) is 28.2. The summed E-state index contributed by atoms with van der Waals surface area (Å²) in [4.78, 5) is 8.56. The fourth-order valence-electron chi connectivity index (χ4n) is 0.0833. The predicted octanol–water partition coefficient (Wildman–Crippen LogP) is 0.786. The molecule has 0 unspecified atom stereocenters. The maximum atomic E-state index is 8.56. The van der Waals surface area contributed by atoms with Crippen LogP contribution in [0.4, 0.5) is 4.79 Å². The molecule has 0 aromatic carbocycles. The summed E-state index contributed by atoms with van der Waals surface area (Å²) in [5.74, 6) is 0. The standard InChI is InChI=1S/C3H6O2S.CH2O3/c1-4-3(6)5-2;2-1(3)4/h1-2H3;(H2,2,3,4). The molecule has 60 valence electrons. The van der Waals surface area contributed by atoms with E-state index >= 15 is 0 Å². The van der Waals surface area contributed by atoms with Gasteiger partial charge < -0.3 is 19.7 Å². The first-order chi connectivity index (χ1) is 4.54. The van der Waals surface area contributed by atoms with Gasteiger partial charge in [-0.25, -0.2) is 4.79 Å². The summed E-state index contributed by atoms with van der Waals surface area (Å²) >= 11 is 4.41. The third-order valence-corrected chi connectivity index (χ3v) is 0.667. The van der Waals surface area contributed by atoms with Crippen LogP contribution < -0.4 is 0 Å². The zero-order valence-corrected chi connectivity index (χ0v) is 6.34. The Morgan fingerprint density at radius 2 is 1.50 bits per heavy atom. The number of ether oxygens (including phenoxy) is 2. The van der Waals surface area contributed by atoms with Gasteiger partial charge in [-0.15, -0.1) is 0 Å². The molecular weight excluding hydrogens is 160 g/mol. The van der Waals surface area contributed by atoms with E-state index < -0.39 is 6.16 Å². The molecule has 0 heterocycles. The summed E-state index contributed by atoms with van der Waals surface area (Å²) in [6.07, 6.45) is -1.83. The molecule has 5 nitrogen and oxygen atoms in total. The molecule has 0 aliphatic rings. The normalized spacial score (nSPS) is 6.60. The Kier molecular flexibility index (Phi) is 9.33. The lowest BCUT2D eigenvalue weighted by molar-refractivity contribution is 0.137. The number of rotatable bonds is 0. The molecular formula is C4H8O5S. The number of carboxylic acid groups (broad SMARTS) is 2. The fourth-order valence-corrected chi connectivity index (χ4v) is 0.0833. The van der Waals surface area contributed by atoms with Crippen molar-refractivity contribution in [3.63, 3.8) is 0 Å². The number of methoxy groups -OCH3 is 2. The maximum absolute atomic E-state index is 8.56. The van der Waals surface area contributed by atoms with Crippen molar-refractivity contribution >= 4 is 23.6 Å². The first-order valence-electron chi connectivity index (χ1n) is 2.08. The summed E-state index contributed by atoms with van der Waals surface area (Å²) in [5, 5.41) is 14.1. The van der Waals surface area contributed by atoms with Gasteiger partial charge in [-0.05, 0) is 0 Å². The second-order valence-electron chi connectivity index (χ2n) is 0.941. The van der Waals surface area contributed by atoms with Gasteiger partial charge in [0.25, 0.3) is 0 Å². The van der Waals surface area contributed by atoms with Gasteiger partial charge >= 0.3 is 11.4 Å². The molecule has 0 aliphatic carbocycles. The summed E-state index contributed by atoms with van der Waals surface area (Å²) in [6, 6.07) is 0. The minimum absolute atomic E-state index is 0.176. The lowest BCUT2D eigenvalue weighted by Gasteiger charge is -1.94. The van der Waals surface area contributed by atoms with Crippen LogP contribution in [0.5, 0.6) is 0 Å². The summed E-state index contributed by atoms with van der Waals surface area (Å²) in [7, 11) is 2.93. The molecule has 0 atom stereocenters. The highest BCUT2D eigenvalue weighted by Crippen LogP contribution is 1.74. The minimum atomic E-state index is -1.83. The summed E-state index contributed by atoms with van der Waals surface area (Å²) in [6.45, 7) is 0. The molecule has 0 amide bonds. The first-order valence-corrected chi connectivity index (χ1v) is 2.49. The van der Waals surface area contributed by atoms with Crippen molar-refractivity contribution < 1.29 is 24.5 Å². The van der Waals surface area contributed by atoms with Crippen molar-refractivity contribution in [3.8, 4) is 0 Å². The van der Waals surface area contributed by atoms with Gasteiger partial charge in [0, 0.05) is 12.2 Å². The van der Waals surface area contributed by atoms with Crippen molar-refractivity contribution in [2.24, 2.45) is 0 Å². The molecule has 0 saturated heterocycles. The SMILES string of the molecule is COC(=S)OC.O=C(O)O. The predicted molar refractivity (Wildman–Crippen MR) is 37.3 cm³/mol. The highest BCUT2D eigenvalue weighted by Gasteiger charge is 1.81. The van der Waals surface area contributed by atoms with Gasteiger partial charge in [0.1, 0.15) is 0 Å². The number of carbonyl (C=O) groups is 1. The lowest BCUT2D eigenvalue weighted by atomic mass is 11.4. The average Bonchev–Trinajstić information content (AvgIpc) is 1.85. The van der Waals surface area contributed by atoms with Crippen LogP contribution in [0.2, 0.25) is 0 Å². The monoisotopic (exact) mass is 168 g/mol. The molecule has 2 N–H and O–H groups in total. The molecule has 6 heteroatoms. The molecule has 0 radical (unpaired) electrons. The summed E-state index contributed by atoms with van der Waals surface area (Å²) < 4.78 is 8.82. The van der Waals surface area contributed by atoms with Crippen molar-refractivity contribution in [2.75, 3.05) is 14.2 Å². The summed E-state index contributed by atoms with van der Waals surface area (Å²) in [5.41, 5.74) is 0. The Balaban J connectivity index is 0. The first kappa shape index (κ1) is 11.7. The van der Waals surface area contributed by atoms with E-state index in [2.05, 4.69) is 21.7 Å². The van der Waals surface area contributed by atoms with Gasteiger partial charge in [-0.1, -0.05) is 0 Å². The van der Waals surface area contributed by atoms with E-state index in [1.807, 2.05) is 0 Å². The van der Waals surface area contributed by atoms with Crippen LogP contribution in [-0.2, 0) is 9.47 Å². The van der Waals surface area contributed by atoms with Crippen molar-refractivity contribution in [3.05, 3.63) is 0 Å². The number of thiocarbonyl (C=S) groups is 1. The molecule has 0 aromatic rings. The van der Waals surface area contributed by atoms with Gasteiger partial charge in [-0.2, -0.15) is 0 Å². The van der Waals surface area contributed by atoms with Crippen molar-refractivity contribution in [2.45, 2.75) is 0 Å². The Bertz CT molecular complexity index is 102. The molecule has 0 aliphatic heterocycles. The van der Waals surface area contributed by atoms with E-state index in [0.717, 1.165) is 0 Å². The van der Waals surface area contributed by atoms with E-state index in [-0.39, 0.29) is 5.24 Å². The van der Waals surface area contributed by atoms with Gasteiger partial charge in [0.05, 0.1) is 14.2 Å². The van der Waals surface area contributed by atoms with Crippen LogP contribution >= 0.6 is 12.2 Å². The van der Waals surface area contributed by atoms with E-state index in [1.54, 1.807) is 0 Å². The van der Waals surface area contributed by atoms with Gasteiger partial charge in [-0.3, -0.25) is 0 Å². The van der Waals surface area contributed by atoms with E-state index in [9.17, 15) is 0 Å². The molecule has 0 rings (SSSR count). The average molecular weight is 168 g/mol. The smallest absolute Gasteiger partial charge is 0.460 e. The van der Waals surface area contributed by atoms with Gasteiger partial charge in [0.2, 0.25) is 0 Å². The molecule has 0 aromatic heterocycles. The van der Waals surface area contributed by atoms with E-state index in [4.69, 9.17) is 15.0 Å². The van der Waals surface area contributed by atoms with Gasteiger partial charge in [0.15, 0.2) is 0 Å². The highest BCUT2D eigenvalue weighted by molar-refractivity contribution is 7.79. The third-order valence-electron chi connectivity index (χ3n) is 0.333. The minimum Gasteiger partial charge on any atom is -0.460 e. The van der Waals surface area contributed by atoms with Crippen LogP contribution in [0.3, 0.4) is 0 Å². The maximum Gasteiger partial charge on any atom is 0.503 e. The van der Waals surface area contributed by atoms with E-state index in [0.29, 0.717) is 0 Å². The Morgan fingerprint density at radius 1 is 1.30 bits per heavy atom. The molecule has 0 fully saturated rings. The quantitative estimate of drug-likeness (QED) is 0.521. The van der Waals surface area contributed by atoms with E-state index in [1.165, 1.54) is 14.2 Å². The Labute approximate surface area is 63.2 Å². The molecule has 0 saturated carbocycles. The number of hydrogen-bond donors (Lipinski definition) is 2. The topological polar surface area (TPSA) is 76.0 Å². The second kappa shape index (κ2) is 7.96. The van der Waals surface area contributed by atoms with Crippen LogP contribution in [0.1, 0.15) is 0 Å².